The third-order valence-corrected chi connectivity index (χ3v) is 7.46. The molecule has 2 aliphatic heterocycles. The molecule has 4 rings (SSSR count). The Morgan fingerprint density at radius 1 is 1.12 bits per heavy atom. The minimum absolute atomic E-state index is 0.00871. The number of amides is 3. The maximum Gasteiger partial charge on any atom is 0.241 e. The zero-order chi connectivity index (χ0) is 22.9. The van der Waals surface area contributed by atoms with Crippen molar-refractivity contribution in [1.82, 2.24) is 9.80 Å². The number of carbonyl (C=O) groups is 4. The average molecular weight is 441 g/mol. The van der Waals surface area contributed by atoms with E-state index in [0.29, 0.717) is 24.4 Å². The molecule has 3 fully saturated rings. The Bertz CT molecular complexity index is 923. The first-order valence-electron chi connectivity index (χ1n) is 11.6. The Kier molecular flexibility index (Phi) is 6.35. The number of imide groups is 1. The maximum atomic E-state index is 13.9. The summed E-state index contributed by atoms with van der Waals surface area (Å²) < 4.78 is 5.37. The molecule has 1 saturated carbocycles. The number of nitrogens with zero attached hydrogens (tertiary/aromatic N) is 2. The summed E-state index contributed by atoms with van der Waals surface area (Å²) in [6.45, 7) is 2.52. The highest BCUT2D eigenvalue weighted by Crippen LogP contribution is 2.44. The summed E-state index contributed by atoms with van der Waals surface area (Å²) >= 11 is 0. The minimum atomic E-state index is -1.23. The number of hydrogen-bond acceptors (Lipinski definition) is 5. The van der Waals surface area contributed by atoms with Gasteiger partial charge in [-0.25, -0.2) is 0 Å². The third-order valence-electron chi connectivity index (χ3n) is 7.46. The fourth-order valence-corrected chi connectivity index (χ4v) is 5.59. The fraction of sp³-hybridized carbons (Fsp3) is 0.600. The molecule has 1 aliphatic carbocycles. The van der Waals surface area contributed by atoms with Crippen LogP contribution in [0, 0.1) is 5.92 Å². The molecule has 3 aliphatic rings. The molecule has 1 aromatic carbocycles. The number of rotatable bonds is 6. The number of hydrogen-bond donors (Lipinski definition) is 0. The van der Waals surface area contributed by atoms with Gasteiger partial charge < -0.3 is 9.64 Å². The van der Waals surface area contributed by atoms with Crippen LogP contribution in [0.5, 0.6) is 5.75 Å². The third kappa shape index (κ3) is 4.05. The largest absolute Gasteiger partial charge is 0.497 e. The number of ether oxygens (including phenoxy) is 1. The zero-order valence-corrected chi connectivity index (χ0v) is 19.0. The van der Waals surface area contributed by atoms with Crippen LogP contribution >= 0.6 is 0 Å². The van der Waals surface area contributed by atoms with Gasteiger partial charge in [0.25, 0.3) is 0 Å². The van der Waals surface area contributed by atoms with E-state index < -0.39 is 5.41 Å². The molecule has 0 aromatic heterocycles. The van der Waals surface area contributed by atoms with Crippen molar-refractivity contribution in [3.8, 4) is 5.75 Å². The lowest BCUT2D eigenvalue weighted by Gasteiger charge is -2.35. The van der Waals surface area contributed by atoms with Crippen LogP contribution in [0.25, 0.3) is 0 Å². The number of methoxy groups -OCH3 is 1. The second-order valence-electron chi connectivity index (χ2n) is 9.46. The summed E-state index contributed by atoms with van der Waals surface area (Å²) in [6.07, 6.45) is 5.14. The molecule has 2 saturated heterocycles. The van der Waals surface area contributed by atoms with Crippen LogP contribution in [-0.4, -0.2) is 59.5 Å². The van der Waals surface area contributed by atoms with E-state index in [2.05, 4.69) is 0 Å². The first-order chi connectivity index (χ1) is 15.4. The van der Waals surface area contributed by atoms with Crippen molar-refractivity contribution in [2.24, 2.45) is 5.92 Å². The highest BCUT2D eigenvalue weighted by Gasteiger charge is 2.56. The van der Waals surface area contributed by atoms with Gasteiger partial charge in [0.05, 0.1) is 12.5 Å². The Hall–Kier alpha value is -2.70. The summed E-state index contributed by atoms with van der Waals surface area (Å²) in [5, 5.41) is 0. The lowest BCUT2D eigenvalue weighted by Crippen LogP contribution is -2.48. The predicted octanol–water partition coefficient (Wildman–Crippen LogP) is 2.85. The van der Waals surface area contributed by atoms with Gasteiger partial charge in [0.1, 0.15) is 11.5 Å². The van der Waals surface area contributed by atoms with Gasteiger partial charge in [-0.2, -0.15) is 0 Å². The number of Topliss-reactive ketones (excluding diaryl/α,β-unsaturated/α-hetero) is 1. The molecule has 7 nitrogen and oxygen atoms in total. The van der Waals surface area contributed by atoms with Crippen LogP contribution in [0.15, 0.2) is 24.3 Å². The molecule has 3 amide bonds. The molecule has 0 spiro atoms. The molecule has 1 aromatic rings. The highest BCUT2D eigenvalue weighted by molar-refractivity contribution is 6.11. The van der Waals surface area contributed by atoms with Crippen molar-refractivity contribution >= 4 is 23.5 Å². The van der Waals surface area contributed by atoms with Gasteiger partial charge in [0.15, 0.2) is 0 Å². The van der Waals surface area contributed by atoms with E-state index in [9.17, 15) is 19.2 Å². The van der Waals surface area contributed by atoms with Crippen LogP contribution in [0.4, 0.5) is 0 Å². The van der Waals surface area contributed by atoms with E-state index in [1.165, 1.54) is 4.90 Å². The molecule has 0 radical (unpaired) electrons. The standard InChI is InChI=1S/C25H32N2O5/c1-17(28)18-7-6-12-26(16-18)22(29)14-25(19-8-5-11-21(13-19)32-2)15-23(30)27(24(25)31)20-9-3-4-10-20/h5,8,11,13,18,20H,3-4,6-7,9-10,12,14-16H2,1-2H3. The van der Waals surface area contributed by atoms with E-state index in [4.69, 9.17) is 4.74 Å². The summed E-state index contributed by atoms with van der Waals surface area (Å²) in [7, 11) is 1.55. The molecule has 32 heavy (non-hydrogen) atoms. The Labute approximate surface area is 189 Å². The first kappa shape index (κ1) is 22.5. The minimum Gasteiger partial charge on any atom is -0.497 e. The van der Waals surface area contributed by atoms with Crippen LogP contribution in [0.1, 0.15) is 63.9 Å². The first-order valence-corrected chi connectivity index (χ1v) is 11.6. The van der Waals surface area contributed by atoms with E-state index >= 15 is 0 Å². The normalized spacial score (nSPS) is 26.6. The summed E-state index contributed by atoms with van der Waals surface area (Å²) in [4.78, 5) is 55.4. The van der Waals surface area contributed by atoms with E-state index in [-0.39, 0.29) is 48.3 Å². The summed E-state index contributed by atoms with van der Waals surface area (Å²) in [5.41, 5.74) is -0.585. The molecule has 2 unspecified atom stereocenters. The van der Waals surface area contributed by atoms with Crippen LogP contribution in [0.3, 0.4) is 0 Å². The Morgan fingerprint density at radius 3 is 2.56 bits per heavy atom. The van der Waals surface area contributed by atoms with E-state index in [1.807, 2.05) is 6.07 Å². The molecule has 172 valence electrons. The molecular formula is C25H32N2O5. The topological polar surface area (TPSA) is 84.0 Å². The summed E-state index contributed by atoms with van der Waals surface area (Å²) in [6, 6.07) is 7.09. The van der Waals surface area contributed by atoms with Crippen LogP contribution < -0.4 is 4.74 Å². The van der Waals surface area contributed by atoms with Gasteiger partial charge in [-0.05, 0) is 50.3 Å². The quantitative estimate of drug-likeness (QED) is 0.635. The van der Waals surface area contributed by atoms with Crippen molar-refractivity contribution < 1.29 is 23.9 Å². The van der Waals surface area contributed by atoms with Crippen molar-refractivity contribution in [1.29, 1.82) is 0 Å². The van der Waals surface area contributed by atoms with Gasteiger partial charge in [-0.1, -0.05) is 25.0 Å². The number of ketones is 1. The summed E-state index contributed by atoms with van der Waals surface area (Å²) in [5.74, 6) is -0.119. The maximum absolute atomic E-state index is 13.9. The van der Waals surface area contributed by atoms with Crippen molar-refractivity contribution in [2.45, 2.75) is 69.7 Å². The second kappa shape index (κ2) is 9.04. The van der Waals surface area contributed by atoms with E-state index in [0.717, 1.165) is 38.5 Å². The fourth-order valence-electron chi connectivity index (χ4n) is 5.59. The van der Waals surface area contributed by atoms with Crippen molar-refractivity contribution in [2.75, 3.05) is 20.2 Å². The molecular weight excluding hydrogens is 408 g/mol. The SMILES string of the molecule is COc1cccc(C2(CC(=O)N3CCCC(C(C)=O)C3)CC(=O)N(C3CCCC3)C2=O)c1. The molecule has 0 bridgehead atoms. The molecule has 7 heteroatoms. The lowest BCUT2D eigenvalue weighted by atomic mass is 9.75. The highest BCUT2D eigenvalue weighted by atomic mass is 16.5. The smallest absolute Gasteiger partial charge is 0.241 e. The van der Waals surface area contributed by atoms with Gasteiger partial charge in [-0.15, -0.1) is 0 Å². The zero-order valence-electron chi connectivity index (χ0n) is 19.0. The monoisotopic (exact) mass is 440 g/mol. The average Bonchev–Trinajstić information content (AvgIpc) is 3.40. The Morgan fingerprint density at radius 2 is 1.88 bits per heavy atom. The van der Waals surface area contributed by atoms with Gasteiger partial charge >= 0.3 is 0 Å². The number of piperidine rings is 1. The van der Waals surface area contributed by atoms with Crippen LogP contribution in [-0.2, 0) is 24.6 Å². The van der Waals surface area contributed by atoms with Gasteiger partial charge in [-0.3, -0.25) is 24.1 Å². The van der Waals surface area contributed by atoms with Gasteiger partial charge in [0, 0.05) is 37.9 Å². The molecule has 0 N–H and O–H groups in total. The number of likely N-dealkylation sites (tertiary alicyclic amines) is 2. The molecule has 2 atom stereocenters. The van der Waals surface area contributed by atoms with Crippen molar-refractivity contribution in [3.05, 3.63) is 29.8 Å². The second-order valence-corrected chi connectivity index (χ2v) is 9.46. The Balaban J connectivity index is 1.67. The van der Waals surface area contributed by atoms with Crippen LogP contribution in [0.2, 0.25) is 0 Å². The van der Waals surface area contributed by atoms with E-state index in [1.54, 1.807) is 37.1 Å². The van der Waals surface area contributed by atoms with Crippen molar-refractivity contribution in [3.63, 3.8) is 0 Å². The lowest BCUT2D eigenvalue weighted by molar-refractivity contribution is -0.145. The number of benzene rings is 1. The predicted molar refractivity (Wildman–Crippen MR) is 118 cm³/mol. The van der Waals surface area contributed by atoms with Gasteiger partial charge in [0.2, 0.25) is 17.7 Å². The molecule has 2 heterocycles. The number of carbonyl (C=O) groups excluding carboxylic acids is 4.